The monoisotopic (exact) mass is 301 g/mol. The van der Waals surface area contributed by atoms with Crippen LogP contribution in [-0.4, -0.2) is 37.1 Å². The van der Waals surface area contributed by atoms with Crippen molar-refractivity contribution in [1.82, 2.24) is 0 Å². The zero-order valence-corrected chi connectivity index (χ0v) is 12.0. The zero-order chi connectivity index (χ0) is 15.6. The van der Waals surface area contributed by atoms with Crippen LogP contribution < -0.4 is 15.5 Å². The first kappa shape index (κ1) is 13.1. The van der Waals surface area contributed by atoms with Gasteiger partial charge in [-0.1, -0.05) is 0 Å². The Bertz CT molecular complexity index is 730. The fourth-order valence-electron chi connectivity index (χ4n) is 3.70. The van der Waals surface area contributed by atoms with Crippen LogP contribution in [0, 0.1) is 0 Å². The van der Waals surface area contributed by atoms with Crippen molar-refractivity contribution in [3.63, 3.8) is 0 Å². The second-order valence-electron chi connectivity index (χ2n) is 5.86. The molecule has 22 heavy (non-hydrogen) atoms. The highest BCUT2D eigenvalue weighted by Gasteiger charge is 2.51. The molecule has 1 aromatic carbocycles. The molecule has 7 nitrogen and oxygen atoms in total. The molecule has 1 saturated heterocycles. The minimum Gasteiger partial charge on any atom is -0.433 e. The largest absolute Gasteiger partial charge is 0.433 e. The second-order valence-corrected chi connectivity index (χ2v) is 5.86. The van der Waals surface area contributed by atoms with Crippen molar-refractivity contribution in [2.75, 3.05) is 16.8 Å². The molecule has 3 aliphatic heterocycles. The number of hydrogen-bond donors (Lipinski definition) is 1. The Kier molecular flexibility index (Phi) is 2.52. The van der Waals surface area contributed by atoms with Gasteiger partial charge in [0.2, 0.25) is 12.0 Å². The van der Waals surface area contributed by atoms with Gasteiger partial charge in [-0.3, -0.25) is 14.5 Å². The van der Waals surface area contributed by atoms with Crippen molar-refractivity contribution < 1.29 is 19.1 Å². The van der Waals surface area contributed by atoms with Crippen LogP contribution >= 0.6 is 0 Å². The zero-order valence-electron chi connectivity index (χ0n) is 12.0. The van der Waals surface area contributed by atoms with Crippen LogP contribution in [-0.2, 0) is 27.2 Å². The van der Waals surface area contributed by atoms with Gasteiger partial charge in [0.25, 0.3) is 5.91 Å². The molecule has 3 amide bonds. The van der Waals surface area contributed by atoms with E-state index in [-0.39, 0.29) is 11.9 Å². The van der Waals surface area contributed by atoms with E-state index in [1.165, 1.54) is 4.90 Å². The Balaban J connectivity index is 1.82. The predicted octanol–water partition coefficient (Wildman–Crippen LogP) is 0.331. The minimum absolute atomic E-state index is 0.0837. The van der Waals surface area contributed by atoms with Crippen molar-refractivity contribution >= 4 is 29.3 Å². The van der Waals surface area contributed by atoms with E-state index in [2.05, 4.69) is 0 Å². The lowest BCUT2D eigenvalue weighted by Gasteiger charge is -2.27. The average molecular weight is 301 g/mol. The maximum Gasteiger partial charge on any atom is 0.415 e. The lowest BCUT2D eigenvalue weighted by molar-refractivity contribution is -0.125. The number of cyclic esters (lactones) is 1. The lowest BCUT2D eigenvalue weighted by Crippen LogP contribution is -2.41. The number of anilines is 2. The van der Waals surface area contributed by atoms with Crippen LogP contribution in [0.1, 0.15) is 17.5 Å². The fraction of sp³-hybridized carbons (Fsp3) is 0.400. The number of hydrogen-bond acceptors (Lipinski definition) is 4. The first-order valence-corrected chi connectivity index (χ1v) is 7.19. The van der Waals surface area contributed by atoms with Gasteiger partial charge in [0.05, 0.1) is 11.7 Å². The summed E-state index contributed by atoms with van der Waals surface area (Å²) in [5.74, 6) is -0.546. The number of benzene rings is 1. The summed E-state index contributed by atoms with van der Waals surface area (Å²) < 4.78 is 5.08. The standard InChI is InChI=1S/C15H15N3O4/c1-17-9-3-4-10-8(7(9)2-5-12(17)19)6-11-13(14(16)20)22-15(21)18(10)11/h3-4,11,13H,2,5-6H2,1H3,(H2,16,20)/t11-,13+/m0/s1. The Morgan fingerprint density at radius 3 is 2.68 bits per heavy atom. The van der Waals surface area contributed by atoms with Crippen LogP contribution in [0.4, 0.5) is 16.2 Å². The summed E-state index contributed by atoms with van der Waals surface area (Å²) in [6, 6.07) is 3.28. The topological polar surface area (TPSA) is 92.9 Å². The number of nitrogens with two attached hydrogens (primary N) is 1. The summed E-state index contributed by atoms with van der Waals surface area (Å²) >= 11 is 0. The minimum atomic E-state index is -0.918. The maximum absolute atomic E-state index is 12.0. The van der Waals surface area contributed by atoms with Gasteiger partial charge in [0.15, 0.2) is 0 Å². The molecular weight excluding hydrogens is 286 g/mol. The van der Waals surface area contributed by atoms with E-state index >= 15 is 0 Å². The molecule has 1 fully saturated rings. The smallest absolute Gasteiger partial charge is 0.415 e. The second kappa shape index (κ2) is 4.22. The summed E-state index contributed by atoms with van der Waals surface area (Å²) in [6.07, 6.45) is 0.179. The third-order valence-corrected chi connectivity index (χ3v) is 4.76. The Labute approximate surface area is 126 Å². The van der Waals surface area contributed by atoms with Crippen molar-refractivity contribution in [1.29, 1.82) is 0 Å². The molecule has 7 heteroatoms. The molecule has 4 rings (SSSR count). The molecule has 0 saturated carbocycles. The lowest BCUT2D eigenvalue weighted by atomic mass is 9.93. The molecule has 0 unspecified atom stereocenters. The van der Waals surface area contributed by atoms with Gasteiger partial charge in [-0.05, 0) is 36.1 Å². The summed E-state index contributed by atoms with van der Waals surface area (Å²) in [4.78, 5) is 38.5. The molecule has 3 aliphatic rings. The summed E-state index contributed by atoms with van der Waals surface area (Å²) in [6.45, 7) is 0. The highest BCUT2D eigenvalue weighted by atomic mass is 16.6. The van der Waals surface area contributed by atoms with Crippen LogP contribution in [0.3, 0.4) is 0 Å². The number of amides is 3. The van der Waals surface area contributed by atoms with Crippen molar-refractivity contribution in [3.8, 4) is 0 Å². The summed E-state index contributed by atoms with van der Waals surface area (Å²) in [5, 5.41) is 0. The van der Waals surface area contributed by atoms with E-state index in [1.807, 2.05) is 12.1 Å². The first-order chi connectivity index (χ1) is 10.5. The van der Waals surface area contributed by atoms with Crippen molar-refractivity contribution in [2.45, 2.75) is 31.4 Å². The van der Waals surface area contributed by atoms with Crippen LogP contribution in [0.2, 0.25) is 0 Å². The molecule has 3 heterocycles. The van der Waals surface area contributed by atoms with E-state index < -0.39 is 18.1 Å². The molecule has 114 valence electrons. The quantitative estimate of drug-likeness (QED) is 0.809. The molecule has 0 spiro atoms. The Hall–Kier alpha value is -2.57. The van der Waals surface area contributed by atoms with Gasteiger partial charge in [0.1, 0.15) is 0 Å². The highest BCUT2D eigenvalue weighted by molar-refractivity contribution is 6.01. The van der Waals surface area contributed by atoms with E-state index in [0.29, 0.717) is 19.3 Å². The Morgan fingerprint density at radius 1 is 1.23 bits per heavy atom. The third kappa shape index (κ3) is 1.53. The number of carbonyl (C=O) groups excluding carboxylic acids is 3. The molecule has 0 aliphatic carbocycles. The van der Waals surface area contributed by atoms with E-state index in [1.54, 1.807) is 11.9 Å². The van der Waals surface area contributed by atoms with E-state index in [4.69, 9.17) is 10.5 Å². The average Bonchev–Trinajstić information content (AvgIpc) is 3.01. The van der Waals surface area contributed by atoms with Crippen LogP contribution in [0.15, 0.2) is 12.1 Å². The number of ether oxygens (including phenoxy) is 1. The first-order valence-electron chi connectivity index (χ1n) is 7.19. The number of nitrogens with zero attached hydrogens (tertiary/aromatic N) is 2. The Morgan fingerprint density at radius 2 is 1.95 bits per heavy atom. The molecule has 2 N–H and O–H groups in total. The maximum atomic E-state index is 12.0. The predicted molar refractivity (Wildman–Crippen MR) is 77.6 cm³/mol. The van der Waals surface area contributed by atoms with Gasteiger partial charge in [-0.15, -0.1) is 0 Å². The molecular formula is C15H15N3O4. The molecule has 2 atom stereocenters. The van der Waals surface area contributed by atoms with Gasteiger partial charge in [0, 0.05) is 19.2 Å². The van der Waals surface area contributed by atoms with E-state index in [9.17, 15) is 14.4 Å². The number of rotatable bonds is 1. The number of fused-ring (bicyclic) bond motifs is 5. The number of primary amides is 1. The normalized spacial score (nSPS) is 25.7. The van der Waals surface area contributed by atoms with Gasteiger partial charge in [-0.2, -0.15) is 0 Å². The van der Waals surface area contributed by atoms with Gasteiger partial charge in [-0.25, -0.2) is 4.79 Å². The summed E-state index contributed by atoms with van der Waals surface area (Å²) in [5.41, 5.74) is 9.06. The third-order valence-electron chi connectivity index (χ3n) is 4.76. The van der Waals surface area contributed by atoms with E-state index in [0.717, 1.165) is 22.5 Å². The van der Waals surface area contributed by atoms with Gasteiger partial charge < -0.3 is 15.4 Å². The summed E-state index contributed by atoms with van der Waals surface area (Å²) in [7, 11) is 1.75. The number of carbonyl (C=O) groups is 3. The molecule has 1 aromatic rings. The van der Waals surface area contributed by atoms with Crippen LogP contribution in [0.25, 0.3) is 0 Å². The van der Waals surface area contributed by atoms with Crippen LogP contribution in [0.5, 0.6) is 0 Å². The molecule has 0 radical (unpaired) electrons. The molecule has 0 aromatic heterocycles. The van der Waals surface area contributed by atoms with Crippen molar-refractivity contribution in [3.05, 3.63) is 23.3 Å². The highest BCUT2D eigenvalue weighted by Crippen LogP contribution is 2.44. The molecule has 0 bridgehead atoms. The van der Waals surface area contributed by atoms with Crippen molar-refractivity contribution in [2.24, 2.45) is 5.73 Å². The fourth-order valence-corrected chi connectivity index (χ4v) is 3.70. The van der Waals surface area contributed by atoms with Gasteiger partial charge >= 0.3 is 6.09 Å². The SMILES string of the molecule is CN1C(=O)CCc2c1ccc1c2C[C@H]2[C@H](C(N)=O)OC(=O)N12.